The van der Waals surface area contributed by atoms with Crippen molar-refractivity contribution in [2.75, 3.05) is 30.7 Å². The molecule has 4 aromatic rings. The largest absolute Gasteiger partial charge is 0.383 e. The third-order valence-corrected chi connectivity index (χ3v) is 5.86. The number of nitrogens with one attached hydrogen (secondary N) is 1. The van der Waals surface area contributed by atoms with Crippen LogP contribution < -0.4 is 11.1 Å². The third-order valence-electron chi connectivity index (χ3n) is 5.86. The van der Waals surface area contributed by atoms with Gasteiger partial charge in [-0.15, -0.1) is 5.10 Å². The molecule has 3 heterocycles. The number of benzene rings is 2. The fourth-order valence-corrected chi connectivity index (χ4v) is 4.08. The third kappa shape index (κ3) is 4.71. The summed E-state index contributed by atoms with van der Waals surface area (Å²) in [5.74, 6) is -1.89. The Morgan fingerprint density at radius 1 is 1.06 bits per heavy atom. The molecule has 1 amide bonds. The molecular weight excluding hydrogens is 454 g/mol. The van der Waals surface area contributed by atoms with Crippen molar-refractivity contribution in [3.63, 3.8) is 0 Å². The van der Waals surface area contributed by atoms with E-state index in [1.165, 1.54) is 12.1 Å². The highest BCUT2D eigenvalue weighted by Crippen LogP contribution is 2.30. The molecule has 1 saturated heterocycles. The Morgan fingerprint density at radius 2 is 1.83 bits per heavy atom. The van der Waals surface area contributed by atoms with Gasteiger partial charge in [0.1, 0.15) is 11.5 Å². The van der Waals surface area contributed by atoms with Gasteiger partial charge in [0.2, 0.25) is 5.91 Å². The molecule has 3 N–H and O–H groups in total. The van der Waals surface area contributed by atoms with E-state index in [1.807, 2.05) is 12.1 Å². The van der Waals surface area contributed by atoms with Gasteiger partial charge < -0.3 is 11.1 Å². The second-order valence-electron chi connectivity index (χ2n) is 8.25. The van der Waals surface area contributed by atoms with Crippen molar-refractivity contribution < 1.29 is 13.6 Å². The smallest absolute Gasteiger partial charge is 0.238 e. The highest BCUT2D eigenvalue weighted by atomic mass is 19.2. The summed E-state index contributed by atoms with van der Waals surface area (Å²) in [5, 5.41) is 14.3. The van der Waals surface area contributed by atoms with Gasteiger partial charge in [0.25, 0.3) is 0 Å². The summed E-state index contributed by atoms with van der Waals surface area (Å²) in [4.78, 5) is 18.7. The monoisotopic (exact) mass is 476 g/mol. The van der Waals surface area contributed by atoms with Crippen molar-refractivity contribution in [2.24, 2.45) is 0 Å². The summed E-state index contributed by atoms with van der Waals surface area (Å²) in [5.41, 5.74) is 8.50. The van der Waals surface area contributed by atoms with Gasteiger partial charge in [0.15, 0.2) is 17.5 Å². The molecule has 0 aliphatic carbocycles. The number of aromatic nitrogens is 5. The molecule has 2 aromatic heterocycles. The molecule has 0 spiro atoms. The quantitative estimate of drug-likeness (QED) is 0.439. The molecule has 9 nitrogen and oxygen atoms in total. The molecule has 0 saturated carbocycles. The average Bonchev–Trinajstić information content (AvgIpc) is 3.54. The van der Waals surface area contributed by atoms with E-state index in [-0.39, 0.29) is 23.2 Å². The summed E-state index contributed by atoms with van der Waals surface area (Å²) >= 11 is 0. The van der Waals surface area contributed by atoms with E-state index in [4.69, 9.17) is 5.73 Å². The predicted octanol–water partition coefficient (Wildman–Crippen LogP) is 3.29. The average molecular weight is 476 g/mol. The molecule has 0 bridgehead atoms. The fraction of sp³-hybridized carbons (Fsp3) is 0.208. The second-order valence-corrected chi connectivity index (χ2v) is 8.25. The maximum absolute atomic E-state index is 14.4. The summed E-state index contributed by atoms with van der Waals surface area (Å²) in [7, 11) is 0. The number of hydrogen-bond donors (Lipinski definition) is 2. The van der Waals surface area contributed by atoms with E-state index in [9.17, 15) is 13.6 Å². The molecule has 35 heavy (non-hydrogen) atoms. The van der Waals surface area contributed by atoms with Crippen molar-refractivity contribution >= 4 is 17.4 Å². The second kappa shape index (κ2) is 9.55. The normalized spacial score (nSPS) is 13.8. The number of nitrogens with zero attached hydrogens (tertiary/aromatic N) is 6. The van der Waals surface area contributed by atoms with Crippen molar-refractivity contribution in [3.8, 4) is 28.2 Å². The van der Waals surface area contributed by atoms with Gasteiger partial charge in [0, 0.05) is 17.4 Å². The minimum absolute atomic E-state index is 0.0486. The number of tetrazole rings is 1. The van der Waals surface area contributed by atoms with Crippen molar-refractivity contribution in [3.05, 3.63) is 66.4 Å². The lowest BCUT2D eigenvalue weighted by atomic mass is 10.0. The molecule has 0 atom stereocenters. The fourth-order valence-electron chi connectivity index (χ4n) is 4.08. The number of carbonyl (C=O) groups excluding carboxylic acids is 1. The van der Waals surface area contributed by atoms with Gasteiger partial charge in [-0.1, -0.05) is 18.2 Å². The van der Waals surface area contributed by atoms with Crippen LogP contribution in [0, 0.1) is 11.6 Å². The van der Waals surface area contributed by atoms with E-state index in [2.05, 4.69) is 30.7 Å². The maximum Gasteiger partial charge on any atom is 0.238 e. The molecule has 1 fully saturated rings. The van der Waals surface area contributed by atoms with Gasteiger partial charge in [-0.2, -0.15) is 4.68 Å². The molecule has 2 aromatic carbocycles. The first-order chi connectivity index (χ1) is 17.0. The molecule has 11 heteroatoms. The van der Waals surface area contributed by atoms with E-state index in [0.29, 0.717) is 23.4 Å². The molecule has 0 unspecified atom stereocenters. The maximum atomic E-state index is 14.4. The summed E-state index contributed by atoms with van der Waals surface area (Å²) < 4.78 is 29.2. The van der Waals surface area contributed by atoms with Crippen molar-refractivity contribution in [2.45, 2.75) is 12.8 Å². The number of likely N-dealkylation sites (tertiary alicyclic amines) is 1. The zero-order valence-electron chi connectivity index (χ0n) is 18.7. The van der Waals surface area contributed by atoms with Crippen LogP contribution >= 0.6 is 0 Å². The Hall–Kier alpha value is -4.25. The number of nitrogen functional groups attached to an aromatic ring is 1. The summed E-state index contributed by atoms with van der Waals surface area (Å²) in [6.07, 6.45) is 3.85. The summed E-state index contributed by atoms with van der Waals surface area (Å²) in [6.45, 7) is 2.29. The lowest BCUT2D eigenvalue weighted by Crippen LogP contribution is -2.30. The van der Waals surface area contributed by atoms with E-state index in [1.54, 1.807) is 24.4 Å². The molecule has 1 aliphatic rings. The van der Waals surface area contributed by atoms with Gasteiger partial charge in [-0.05, 0) is 72.3 Å². The van der Waals surface area contributed by atoms with E-state index >= 15 is 0 Å². The van der Waals surface area contributed by atoms with Crippen LogP contribution in [-0.2, 0) is 4.79 Å². The number of anilines is 2. The lowest BCUT2D eigenvalue weighted by Gasteiger charge is -2.14. The zero-order valence-corrected chi connectivity index (χ0v) is 18.7. The van der Waals surface area contributed by atoms with Crippen LogP contribution in [0.25, 0.3) is 28.2 Å². The Bertz CT molecular complexity index is 1370. The standard InChI is InChI=1S/C24H22F2N8O/c25-19-4-3-5-20(22(19)26)34-24(30-31-32-34)18-12-16(13-28-23(18)27)15-6-8-17(9-7-15)29-21(35)14-33-10-1-2-11-33/h3-9,12-13H,1-2,10-11,14H2,(H2,27,28)(H,29,35). The van der Waals surface area contributed by atoms with Crippen LogP contribution in [0.15, 0.2) is 54.7 Å². The van der Waals surface area contributed by atoms with E-state index < -0.39 is 11.6 Å². The van der Waals surface area contributed by atoms with Crippen LogP contribution in [0.1, 0.15) is 12.8 Å². The highest BCUT2D eigenvalue weighted by Gasteiger charge is 2.20. The SMILES string of the molecule is Nc1ncc(-c2ccc(NC(=O)CN3CCCC3)cc2)cc1-c1nnnn1-c1cccc(F)c1F. The van der Waals surface area contributed by atoms with Crippen LogP contribution in [-0.4, -0.2) is 55.6 Å². The first-order valence-corrected chi connectivity index (χ1v) is 11.1. The first-order valence-electron chi connectivity index (χ1n) is 11.1. The Kier molecular flexibility index (Phi) is 6.15. The minimum atomic E-state index is -1.08. The lowest BCUT2D eigenvalue weighted by molar-refractivity contribution is -0.117. The van der Waals surface area contributed by atoms with Crippen molar-refractivity contribution in [1.29, 1.82) is 0 Å². The molecule has 1 aliphatic heterocycles. The van der Waals surface area contributed by atoms with Gasteiger partial charge in [-0.25, -0.2) is 13.8 Å². The minimum Gasteiger partial charge on any atom is -0.383 e. The predicted molar refractivity (Wildman–Crippen MR) is 126 cm³/mol. The Balaban J connectivity index is 1.39. The summed E-state index contributed by atoms with van der Waals surface area (Å²) in [6, 6.07) is 12.8. The molecular formula is C24H22F2N8O. The molecule has 5 rings (SSSR count). The highest BCUT2D eigenvalue weighted by molar-refractivity contribution is 5.92. The topological polar surface area (TPSA) is 115 Å². The van der Waals surface area contributed by atoms with Crippen molar-refractivity contribution in [1.82, 2.24) is 30.1 Å². The van der Waals surface area contributed by atoms with Crippen LogP contribution in [0.3, 0.4) is 0 Å². The Morgan fingerprint density at radius 3 is 2.60 bits per heavy atom. The first kappa shape index (κ1) is 22.5. The molecule has 178 valence electrons. The van der Waals surface area contributed by atoms with Gasteiger partial charge in [-0.3, -0.25) is 9.69 Å². The zero-order chi connectivity index (χ0) is 24.4. The van der Waals surface area contributed by atoms with Gasteiger partial charge >= 0.3 is 0 Å². The number of halogens is 2. The van der Waals surface area contributed by atoms with Crippen LogP contribution in [0.2, 0.25) is 0 Å². The molecule has 0 radical (unpaired) electrons. The number of pyridine rings is 1. The number of carbonyl (C=O) groups is 1. The van der Waals surface area contributed by atoms with Crippen LogP contribution in [0.4, 0.5) is 20.3 Å². The number of nitrogens with two attached hydrogens (primary N) is 1. The number of rotatable bonds is 6. The number of amides is 1. The van der Waals surface area contributed by atoms with Crippen LogP contribution in [0.5, 0.6) is 0 Å². The Labute approximate surface area is 199 Å². The number of hydrogen-bond acceptors (Lipinski definition) is 7. The van der Waals surface area contributed by atoms with Gasteiger partial charge in [0.05, 0.1) is 12.1 Å². The van der Waals surface area contributed by atoms with E-state index in [0.717, 1.165) is 42.2 Å².